The van der Waals surface area contributed by atoms with Crippen molar-refractivity contribution >= 4 is 11.9 Å². The Morgan fingerprint density at radius 1 is 1.19 bits per heavy atom. The number of primary amides is 1. The van der Waals surface area contributed by atoms with Crippen LogP contribution in [0.2, 0.25) is 0 Å². The molecule has 3 saturated heterocycles. The van der Waals surface area contributed by atoms with E-state index in [1.165, 1.54) is 0 Å². The quantitative estimate of drug-likeness (QED) is 0.660. The summed E-state index contributed by atoms with van der Waals surface area (Å²) >= 11 is 0. The Labute approximate surface area is 124 Å². The number of hydrogen-bond acceptors (Lipinski definition) is 4. The minimum atomic E-state index is -1.01. The third kappa shape index (κ3) is 2.93. The Balaban J connectivity index is 1.72. The lowest BCUT2D eigenvalue weighted by Crippen LogP contribution is -2.52. The van der Waals surface area contributed by atoms with Crippen molar-refractivity contribution in [2.24, 2.45) is 11.7 Å². The molecule has 3 aliphatic heterocycles. The van der Waals surface area contributed by atoms with Crippen LogP contribution in [0.4, 0.5) is 0 Å². The zero-order chi connectivity index (χ0) is 14.8. The van der Waals surface area contributed by atoms with Crippen molar-refractivity contribution in [3.63, 3.8) is 0 Å². The van der Waals surface area contributed by atoms with Crippen molar-refractivity contribution in [1.82, 2.24) is 4.90 Å². The number of carbonyl (C=O) groups is 2. The molecule has 2 N–H and O–H groups in total. The number of piperidine rings is 3. The van der Waals surface area contributed by atoms with Crippen molar-refractivity contribution in [2.75, 3.05) is 19.6 Å². The van der Waals surface area contributed by atoms with E-state index in [9.17, 15) is 9.59 Å². The zero-order valence-electron chi connectivity index (χ0n) is 11.9. The summed E-state index contributed by atoms with van der Waals surface area (Å²) in [7, 11) is 0. The van der Waals surface area contributed by atoms with Gasteiger partial charge in [0.25, 0.3) is 0 Å². The van der Waals surface area contributed by atoms with Crippen molar-refractivity contribution in [1.29, 1.82) is 0 Å². The number of rotatable bonds is 4. The minimum absolute atomic E-state index is 0.106. The summed E-state index contributed by atoms with van der Waals surface area (Å²) in [5, 5.41) is 0. The van der Waals surface area contributed by atoms with Crippen LogP contribution >= 0.6 is 0 Å². The summed E-state index contributed by atoms with van der Waals surface area (Å²) in [6.07, 6.45) is 2.01. The van der Waals surface area contributed by atoms with Crippen molar-refractivity contribution in [3.8, 4) is 0 Å². The van der Waals surface area contributed by atoms with Crippen molar-refractivity contribution in [3.05, 3.63) is 35.9 Å². The number of fused-ring (bicyclic) bond motifs is 3. The van der Waals surface area contributed by atoms with Crippen LogP contribution in [0.5, 0.6) is 0 Å². The molecule has 1 aromatic rings. The van der Waals surface area contributed by atoms with Gasteiger partial charge >= 0.3 is 5.97 Å². The molecule has 0 aliphatic carbocycles. The van der Waals surface area contributed by atoms with Crippen molar-refractivity contribution < 1.29 is 14.3 Å². The fraction of sp³-hybridized carbons (Fsp3) is 0.500. The van der Waals surface area contributed by atoms with Gasteiger partial charge in [0.2, 0.25) is 5.91 Å². The molecular weight excluding hydrogens is 268 g/mol. The number of ether oxygens (including phenoxy) is 1. The number of esters is 1. The summed E-state index contributed by atoms with van der Waals surface area (Å²) in [4.78, 5) is 26.3. The number of hydrogen-bond donors (Lipinski definition) is 1. The van der Waals surface area contributed by atoms with Gasteiger partial charge in [-0.3, -0.25) is 14.5 Å². The highest BCUT2D eigenvalue weighted by Gasteiger charge is 2.38. The minimum Gasteiger partial charge on any atom is -0.460 e. The highest BCUT2D eigenvalue weighted by atomic mass is 16.5. The topological polar surface area (TPSA) is 72.6 Å². The Kier molecular flexibility index (Phi) is 3.92. The van der Waals surface area contributed by atoms with E-state index >= 15 is 0 Å². The molecule has 5 nitrogen and oxygen atoms in total. The molecule has 2 unspecified atom stereocenters. The van der Waals surface area contributed by atoms with E-state index < -0.39 is 17.8 Å². The van der Waals surface area contributed by atoms with E-state index in [-0.39, 0.29) is 6.10 Å². The first-order valence-electron chi connectivity index (χ1n) is 7.42. The maximum Gasteiger partial charge on any atom is 0.323 e. The number of benzene rings is 1. The fourth-order valence-electron chi connectivity index (χ4n) is 3.32. The Hall–Kier alpha value is -1.88. The average Bonchev–Trinajstić information content (AvgIpc) is 2.49. The molecular formula is C16H20N2O3. The lowest BCUT2D eigenvalue weighted by atomic mass is 9.85. The monoisotopic (exact) mass is 288 g/mol. The fourth-order valence-corrected chi connectivity index (χ4v) is 3.32. The van der Waals surface area contributed by atoms with Gasteiger partial charge in [0, 0.05) is 6.54 Å². The van der Waals surface area contributed by atoms with E-state index in [0.717, 1.165) is 32.5 Å². The van der Waals surface area contributed by atoms with Gasteiger partial charge in [-0.15, -0.1) is 0 Å². The third-order valence-corrected chi connectivity index (χ3v) is 4.52. The molecule has 2 atom stereocenters. The normalized spacial score (nSPS) is 28.9. The second kappa shape index (κ2) is 5.85. The first kappa shape index (κ1) is 14.1. The van der Waals surface area contributed by atoms with Gasteiger partial charge in [0.05, 0.1) is 0 Å². The number of amides is 1. The molecule has 5 heteroatoms. The molecule has 3 aliphatic rings. The first-order valence-corrected chi connectivity index (χ1v) is 7.42. The lowest BCUT2D eigenvalue weighted by molar-refractivity contribution is -0.162. The van der Waals surface area contributed by atoms with E-state index in [2.05, 4.69) is 4.90 Å². The Bertz CT molecular complexity index is 524. The van der Waals surface area contributed by atoms with Gasteiger partial charge in [-0.1, -0.05) is 30.3 Å². The molecule has 0 saturated carbocycles. The highest BCUT2D eigenvalue weighted by molar-refractivity contribution is 6.02. The van der Waals surface area contributed by atoms with Gasteiger partial charge in [-0.05, 0) is 37.4 Å². The van der Waals surface area contributed by atoms with Crippen LogP contribution in [0.15, 0.2) is 30.3 Å². The Morgan fingerprint density at radius 3 is 2.38 bits per heavy atom. The van der Waals surface area contributed by atoms with E-state index in [4.69, 9.17) is 10.5 Å². The molecule has 2 bridgehead atoms. The molecule has 4 rings (SSSR count). The molecule has 112 valence electrons. The molecule has 3 heterocycles. The zero-order valence-corrected chi connectivity index (χ0v) is 11.9. The van der Waals surface area contributed by atoms with Gasteiger partial charge < -0.3 is 10.5 Å². The van der Waals surface area contributed by atoms with Crippen LogP contribution in [0.25, 0.3) is 0 Å². The summed E-state index contributed by atoms with van der Waals surface area (Å²) < 4.78 is 5.62. The average molecular weight is 288 g/mol. The molecule has 21 heavy (non-hydrogen) atoms. The van der Waals surface area contributed by atoms with Crippen LogP contribution < -0.4 is 5.73 Å². The largest absolute Gasteiger partial charge is 0.460 e. The van der Waals surface area contributed by atoms with Crippen LogP contribution in [0.3, 0.4) is 0 Å². The summed E-state index contributed by atoms with van der Waals surface area (Å²) in [5.41, 5.74) is 5.99. The van der Waals surface area contributed by atoms with Crippen LogP contribution in [-0.2, 0) is 14.3 Å². The second-order valence-corrected chi connectivity index (χ2v) is 5.86. The first-order chi connectivity index (χ1) is 10.1. The standard InChI is InChI=1S/C16H20N2O3/c17-15(19)14(12-4-2-1-3-5-12)16(20)21-13-10-18-8-6-11(13)7-9-18/h1-5,11,13-14H,6-10H2,(H2,17,19). The van der Waals surface area contributed by atoms with Crippen LogP contribution in [-0.4, -0.2) is 42.5 Å². The maximum absolute atomic E-state index is 12.4. The molecule has 1 aromatic carbocycles. The summed E-state index contributed by atoms with van der Waals surface area (Å²) in [6.45, 7) is 2.93. The van der Waals surface area contributed by atoms with Crippen LogP contribution in [0, 0.1) is 5.92 Å². The Morgan fingerprint density at radius 2 is 1.86 bits per heavy atom. The highest BCUT2D eigenvalue weighted by Crippen LogP contribution is 2.30. The number of nitrogens with zero attached hydrogens (tertiary/aromatic N) is 1. The molecule has 3 fully saturated rings. The molecule has 0 aromatic heterocycles. The number of nitrogens with two attached hydrogens (primary N) is 1. The summed E-state index contributed by atoms with van der Waals surface area (Å²) in [6, 6.07) is 8.86. The van der Waals surface area contributed by atoms with Crippen LogP contribution in [0.1, 0.15) is 24.3 Å². The van der Waals surface area contributed by atoms with Crippen molar-refractivity contribution in [2.45, 2.75) is 24.9 Å². The van der Waals surface area contributed by atoms with E-state index in [1.807, 2.05) is 6.07 Å². The molecule has 0 spiro atoms. The van der Waals surface area contributed by atoms with Gasteiger partial charge in [0.1, 0.15) is 6.10 Å². The smallest absolute Gasteiger partial charge is 0.323 e. The maximum atomic E-state index is 12.4. The number of carbonyl (C=O) groups excluding carboxylic acids is 2. The predicted molar refractivity (Wildman–Crippen MR) is 77.4 cm³/mol. The van der Waals surface area contributed by atoms with Gasteiger partial charge in [-0.2, -0.15) is 0 Å². The molecule has 1 amide bonds. The lowest BCUT2D eigenvalue weighted by Gasteiger charge is -2.44. The summed E-state index contributed by atoms with van der Waals surface area (Å²) in [5.74, 6) is -1.77. The molecule has 0 radical (unpaired) electrons. The van der Waals surface area contributed by atoms with E-state index in [0.29, 0.717) is 11.5 Å². The SMILES string of the molecule is NC(=O)C(C(=O)OC1CN2CCC1CC2)c1ccccc1. The predicted octanol–water partition coefficient (Wildman–Crippen LogP) is 0.893. The second-order valence-electron chi connectivity index (χ2n) is 5.86. The van der Waals surface area contributed by atoms with Gasteiger partial charge in [-0.25, -0.2) is 0 Å². The van der Waals surface area contributed by atoms with Gasteiger partial charge in [0.15, 0.2) is 5.92 Å². The van der Waals surface area contributed by atoms with E-state index in [1.54, 1.807) is 24.3 Å². The third-order valence-electron chi connectivity index (χ3n) is 4.52.